The molecule has 0 saturated heterocycles. The van der Waals surface area contributed by atoms with Crippen LogP contribution in [0.3, 0.4) is 0 Å². The maximum absolute atomic E-state index is 12.3. The molecule has 0 bridgehead atoms. The monoisotopic (exact) mass is 287 g/mol. The molecule has 0 fully saturated rings. The molecular formula is C15H17N3O3. The van der Waals surface area contributed by atoms with Gasteiger partial charge in [-0.1, -0.05) is 18.1 Å². The highest BCUT2D eigenvalue weighted by molar-refractivity contribution is 6.06. The summed E-state index contributed by atoms with van der Waals surface area (Å²) in [6.07, 6.45) is 0.593. The van der Waals surface area contributed by atoms with Crippen LogP contribution >= 0.6 is 0 Å². The van der Waals surface area contributed by atoms with Crippen LogP contribution in [0.15, 0.2) is 28.8 Å². The summed E-state index contributed by atoms with van der Waals surface area (Å²) in [7, 11) is 0. The van der Waals surface area contributed by atoms with Crippen molar-refractivity contribution < 1.29 is 14.1 Å². The van der Waals surface area contributed by atoms with E-state index in [1.54, 1.807) is 31.2 Å². The Kier molecular flexibility index (Phi) is 4.37. The third kappa shape index (κ3) is 3.47. The standard InChI is InChI=1S/C15H17N3O3/c1-4-13-14(9(2)18-21-13)15(20)17-12-7-5-6-11(8-12)16-10(3)19/h5-8H,4H2,1-3H3,(H,16,19)(H,17,20). The molecule has 21 heavy (non-hydrogen) atoms. The van der Waals surface area contributed by atoms with Crippen molar-refractivity contribution in [1.29, 1.82) is 0 Å². The van der Waals surface area contributed by atoms with Crippen molar-refractivity contribution in [2.45, 2.75) is 27.2 Å². The molecule has 2 amide bonds. The fourth-order valence-electron chi connectivity index (χ4n) is 2.02. The number of nitrogens with zero attached hydrogens (tertiary/aromatic N) is 1. The second-order valence-corrected chi connectivity index (χ2v) is 4.64. The molecule has 2 N–H and O–H groups in total. The maximum atomic E-state index is 12.3. The summed E-state index contributed by atoms with van der Waals surface area (Å²) in [5.74, 6) is 0.121. The number of aryl methyl sites for hydroxylation is 2. The van der Waals surface area contributed by atoms with E-state index in [0.29, 0.717) is 34.8 Å². The van der Waals surface area contributed by atoms with Crippen LogP contribution in [0.4, 0.5) is 11.4 Å². The zero-order valence-electron chi connectivity index (χ0n) is 12.2. The number of carbonyl (C=O) groups excluding carboxylic acids is 2. The highest BCUT2D eigenvalue weighted by atomic mass is 16.5. The molecule has 0 aliphatic rings. The van der Waals surface area contributed by atoms with Crippen molar-refractivity contribution in [2.24, 2.45) is 0 Å². The Morgan fingerprint density at radius 2 is 1.90 bits per heavy atom. The molecular weight excluding hydrogens is 270 g/mol. The Morgan fingerprint density at radius 1 is 1.24 bits per heavy atom. The van der Waals surface area contributed by atoms with Crippen molar-refractivity contribution in [2.75, 3.05) is 10.6 Å². The summed E-state index contributed by atoms with van der Waals surface area (Å²) < 4.78 is 5.11. The fourth-order valence-corrected chi connectivity index (χ4v) is 2.02. The van der Waals surface area contributed by atoms with E-state index >= 15 is 0 Å². The van der Waals surface area contributed by atoms with E-state index < -0.39 is 0 Å². The molecule has 110 valence electrons. The first-order valence-corrected chi connectivity index (χ1v) is 6.65. The van der Waals surface area contributed by atoms with Crippen LogP contribution < -0.4 is 10.6 Å². The fraction of sp³-hybridized carbons (Fsp3) is 0.267. The third-order valence-electron chi connectivity index (χ3n) is 2.92. The molecule has 0 aliphatic carbocycles. The summed E-state index contributed by atoms with van der Waals surface area (Å²) in [6, 6.07) is 6.94. The molecule has 6 nitrogen and oxygen atoms in total. The van der Waals surface area contributed by atoms with Gasteiger partial charge < -0.3 is 15.2 Å². The summed E-state index contributed by atoms with van der Waals surface area (Å²) >= 11 is 0. The van der Waals surface area contributed by atoms with Crippen molar-refractivity contribution in [3.63, 3.8) is 0 Å². The number of carbonyl (C=O) groups is 2. The minimum absolute atomic E-state index is 0.165. The molecule has 1 heterocycles. The van der Waals surface area contributed by atoms with E-state index in [9.17, 15) is 9.59 Å². The van der Waals surface area contributed by atoms with Crippen molar-refractivity contribution in [3.05, 3.63) is 41.3 Å². The zero-order valence-corrected chi connectivity index (χ0v) is 12.2. The lowest BCUT2D eigenvalue weighted by molar-refractivity contribution is -0.114. The van der Waals surface area contributed by atoms with E-state index in [1.165, 1.54) is 6.92 Å². The number of anilines is 2. The maximum Gasteiger partial charge on any atom is 0.261 e. The SMILES string of the molecule is CCc1onc(C)c1C(=O)Nc1cccc(NC(C)=O)c1. The third-order valence-corrected chi connectivity index (χ3v) is 2.92. The van der Waals surface area contributed by atoms with E-state index in [-0.39, 0.29) is 11.8 Å². The van der Waals surface area contributed by atoms with Gasteiger partial charge in [-0.25, -0.2) is 0 Å². The molecule has 0 spiro atoms. The van der Waals surface area contributed by atoms with E-state index in [0.717, 1.165) is 0 Å². The minimum atomic E-state index is -0.273. The number of hydrogen-bond acceptors (Lipinski definition) is 4. The lowest BCUT2D eigenvalue weighted by atomic mass is 10.1. The number of benzene rings is 1. The van der Waals surface area contributed by atoms with Crippen molar-refractivity contribution >= 4 is 23.2 Å². The first kappa shape index (κ1) is 14.8. The number of rotatable bonds is 4. The van der Waals surface area contributed by atoms with Crippen molar-refractivity contribution in [3.8, 4) is 0 Å². The van der Waals surface area contributed by atoms with Crippen molar-refractivity contribution in [1.82, 2.24) is 5.16 Å². The van der Waals surface area contributed by atoms with E-state index in [1.807, 2.05) is 6.92 Å². The molecule has 0 saturated carbocycles. The van der Waals surface area contributed by atoms with Gasteiger partial charge in [0.1, 0.15) is 11.3 Å². The number of hydrogen-bond donors (Lipinski definition) is 2. The van der Waals surface area contributed by atoms with Crippen LogP contribution in [0.25, 0.3) is 0 Å². The first-order valence-electron chi connectivity index (χ1n) is 6.65. The largest absolute Gasteiger partial charge is 0.360 e. The Morgan fingerprint density at radius 3 is 2.52 bits per heavy atom. The highest BCUT2D eigenvalue weighted by Gasteiger charge is 2.19. The van der Waals surface area contributed by atoms with Gasteiger partial charge >= 0.3 is 0 Å². The normalized spacial score (nSPS) is 10.2. The summed E-state index contributed by atoms with van der Waals surface area (Å²) in [6.45, 7) is 5.05. The molecule has 2 aromatic rings. The Labute approximate surface area is 122 Å². The van der Waals surface area contributed by atoms with E-state index in [2.05, 4.69) is 15.8 Å². The molecule has 2 rings (SSSR count). The van der Waals surface area contributed by atoms with E-state index in [4.69, 9.17) is 4.52 Å². The topological polar surface area (TPSA) is 84.2 Å². The molecule has 0 radical (unpaired) electrons. The minimum Gasteiger partial charge on any atom is -0.360 e. The molecule has 1 aromatic heterocycles. The molecule has 0 unspecified atom stereocenters. The van der Waals surface area contributed by atoms with Crippen LogP contribution in [0.2, 0.25) is 0 Å². The van der Waals surface area contributed by atoms with Gasteiger partial charge in [0.2, 0.25) is 5.91 Å². The van der Waals surface area contributed by atoms with Crippen LogP contribution in [-0.2, 0) is 11.2 Å². The van der Waals surface area contributed by atoms with Gasteiger partial charge in [-0.2, -0.15) is 0 Å². The highest BCUT2D eigenvalue weighted by Crippen LogP contribution is 2.19. The average Bonchev–Trinajstić information content (AvgIpc) is 2.79. The Hall–Kier alpha value is -2.63. The molecule has 0 aliphatic heterocycles. The number of amides is 2. The number of aromatic nitrogens is 1. The smallest absolute Gasteiger partial charge is 0.261 e. The average molecular weight is 287 g/mol. The van der Waals surface area contributed by atoms with Gasteiger partial charge in [0.05, 0.1) is 5.69 Å². The van der Waals surface area contributed by atoms with Gasteiger partial charge in [-0.15, -0.1) is 0 Å². The van der Waals surface area contributed by atoms with Crippen LogP contribution in [0.1, 0.15) is 35.7 Å². The summed E-state index contributed by atoms with van der Waals surface area (Å²) in [5.41, 5.74) is 2.23. The Bertz CT molecular complexity index is 677. The summed E-state index contributed by atoms with van der Waals surface area (Å²) in [5, 5.41) is 9.26. The lowest BCUT2D eigenvalue weighted by Gasteiger charge is -2.07. The van der Waals surface area contributed by atoms with Gasteiger partial charge in [0.25, 0.3) is 5.91 Å². The first-order chi connectivity index (χ1) is 10.0. The van der Waals surface area contributed by atoms with Crippen LogP contribution in [0.5, 0.6) is 0 Å². The quantitative estimate of drug-likeness (QED) is 0.905. The molecule has 1 aromatic carbocycles. The van der Waals surface area contributed by atoms with Gasteiger partial charge in [-0.3, -0.25) is 9.59 Å². The molecule has 6 heteroatoms. The van der Waals surface area contributed by atoms with Gasteiger partial charge in [0.15, 0.2) is 0 Å². The van der Waals surface area contributed by atoms with Gasteiger partial charge in [-0.05, 0) is 25.1 Å². The summed E-state index contributed by atoms with van der Waals surface area (Å²) in [4.78, 5) is 23.4. The van der Waals surface area contributed by atoms with Crippen LogP contribution in [-0.4, -0.2) is 17.0 Å². The number of nitrogens with one attached hydrogen (secondary N) is 2. The zero-order chi connectivity index (χ0) is 15.4. The lowest BCUT2D eigenvalue weighted by Crippen LogP contribution is -2.14. The van der Waals surface area contributed by atoms with Gasteiger partial charge in [0, 0.05) is 24.7 Å². The second kappa shape index (κ2) is 6.21. The Balaban J connectivity index is 2.19. The van der Waals surface area contributed by atoms with Crippen LogP contribution in [0, 0.1) is 6.92 Å². The second-order valence-electron chi connectivity index (χ2n) is 4.64. The molecule has 0 atom stereocenters. The predicted molar refractivity (Wildman–Crippen MR) is 79.3 cm³/mol. The predicted octanol–water partition coefficient (Wildman–Crippen LogP) is 2.76.